The summed E-state index contributed by atoms with van der Waals surface area (Å²) >= 11 is 0. The van der Waals surface area contributed by atoms with E-state index in [-0.39, 0.29) is 0 Å². The molecule has 0 bridgehead atoms. The summed E-state index contributed by atoms with van der Waals surface area (Å²) in [6.45, 7) is 7.90. The molecule has 0 amide bonds. The van der Waals surface area contributed by atoms with Crippen LogP contribution in [0.4, 0.5) is 0 Å². The Labute approximate surface area is 101 Å². The fourth-order valence-electron chi connectivity index (χ4n) is 2.50. The molecule has 1 aliphatic rings. The molecule has 0 aromatic heterocycles. The van der Waals surface area contributed by atoms with Gasteiger partial charge in [0.2, 0.25) is 0 Å². The second kappa shape index (κ2) is 8.08. The molecule has 0 aliphatic heterocycles. The Morgan fingerprint density at radius 3 is 2.50 bits per heavy atom. The van der Waals surface area contributed by atoms with Gasteiger partial charge in [0.25, 0.3) is 0 Å². The Morgan fingerprint density at radius 1 is 1.19 bits per heavy atom. The molecule has 1 N–H and O–H groups in total. The zero-order valence-electron chi connectivity index (χ0n) is 11.3. The summed E-state index contributed by atoms with van der Waals surface area (Å²) < 4.78 is 5.08. The fraction of sp³-hybridized carbons (Fsp3) is 1.00. The lowest BCUT2D eigenvalue weighted by molar-refractivity contribution is 0.144. The van der Waals surface area contributed by atoms with Gasteiger partial charge in [-0.3, -0.25) is 0 Å². The van der Waals surface area contributed by atoms with Gasteiger partial charge >= 0.3 is 0 Å². The highest BCUT2D eigenvalue weighted by molar-refractivity contribution is 4.82. The average Bonchev–Trinajstić information content (AvgIpc) is 2.22. The van der Waals surface area contributed by atoms with E-state index in [1.807, 2.05) is 0 Å². The van der Waals surface area contributed by atoms with Crippen LogP contribution in [0.25, 0.3) is 0 Å². The number of hydrogen-bond acceptors (Lipinski definition) is 2. The van der Waals surface area contributed by atoms with Crippen molar-refractivity contribution in [1.29, 1.82) is 0 Å². The molecule has 2 heteroatoms. The zero-order chi connectivity index (χ0) is 11.8. The third kappa shape index (κ3) is 5.31. The topological polar surface area (TPSA) is 21.3 Å². The summed E-state index contributed by atoms with van der Waals surface area (Å²) in [4.78, 5) is 0. The van der Waals surface area contributed by atoms with Gasteiger partial charge in [0, 0.05) is 13.7 Å². The lowest BCUT2D eigenvalue weighted by atomic mass is 9.71. The molecule has 0 heterocycles. The van der Waals surface area contributed by atoms with Gasteiger partial charge in [-0.05, 0) is 50.1 Å². The largest absolute Gasteiger partial charge is 0.385 e. The summed E-state index contributed by atoms with van der Waals surface area (Å²) in [6, 6.07) is 0. The van der Waals surface area contributed by atoms with Crippen LogP contribution in [0.2, 0.25) is 0 Å². The first-order valence-electron chi connectivity index (χ1n) is 6.93. The van der Waals surface area contributed by atoms with Crippen LogP contribution in [0.5, 0.6) is 0 Å². The van der Waals surface area contributed by atoms with Gasteiger partial charge in [-0.2, -0.15) is 0 Å². The van der Waals surface area contributed by atoms with Gasteiger partial charge in [-0.15, -0.1) is 0 Å². The van der Waals surface area contributed by atoms with Gasteiger partial charge in [0.1, 0.15) is 0 Å². The first kappa shape index (κ1) is 14.0. The molecule has 2 nitrogen and oxygen atoms in total. The van der Waals surface area contributed by atoms with E-state index in [0.717, 1.165) is 24.4 Å². The Hall–Kier alpha value is -0.0800. The zero-order valence-corrected chi connectivity index (χ0v) is 11.3. The number of methoxy groups -OCH3 is 1. The van der Waals surface area contributed by atoms with Crippen LogP contribution in [0, 0.1) is 17.8 Å². The molecular formula is C14H29NO. The molecule has 0 radical (unpaired) electrons. The Bertz CT molecular complexity index is 170. The van der Waals surface area contributed by atoms with Crippen LogP contribution in [0.1, 0.15) is 46.0 Å². The van der Waals surface area contributed by atoms with Crippen LogP contribution in [0.15, 0.2) is 0 Å². The van der Waals surface area contributed by atoms with Crippen molar-refractivity contribution in [3.63, 3.8) is 0 Å². The smallest absolute Gasteiger partial charge is 0.0462 e. The minimum absolute atomic E-state index is 0.778. The lowest BCUT2D eigenvalue weighted by Crippen LogP contribution is -2.36. The van der Waals surface area contributed by atoms with Crippen molar-refractivity contribution in [2.75, 3.05) is 26.8 Å². The molecule has 0 saturated heterocycles. The molecule has 16 heavy (non-hydrogen) atoms. The van der Waals surface area contributed by atoms with E-state index in [4.69, 9.17) is 4.74 Å². The molecule has 1 rings (SSSR count). The maximum absolute atomic E-state index is 5.08. The van der Waals surface area contributed by atoms with E-state index in [1.165, 1.54) is 45.2 Å². The maximum atomic E-state index is 5.08. The number of unbranched alkanes of at least 4 members (excludes halogenated alkanes) is 1. The van der Waals surface area contributed by atoms with Crippen LogP contribution in [-0.4, -0.2) is 26.8 Å². The normalized spacial score (nSPS) is 24.8. The van der Waals surface area contributed by atoms with Crippen molar-refractivity contribution in [2.45, 2.75) is 46.0 Å². The van der Waals surface area contributed by atoms with Crippen molar-refractivity contribution >= 4 is 0 Å². The Balaban J connectivity index is 1.97. The van der Waals surface area contributed by atoms with Gasteiger partial charge < -0.3 is 10.1 Å². The van der Waals surface area contributed by atoms with Crippen LogP contribution < -0.4 is 5.32 Å². The molecule has 2 unspecified atom stereocenters. The number of rotatable bonds is 9. The molecular weight excluding hydrogens is 198 g/mol. The lowest BCUT2D eigenvalue weighted by Gasteiger charge is -2.37. The van der Waals surface area contributed by atoms with Crippen molar-refractivity contribution < 1.29 is 4.74 Å². The van der Waals surface area contributed by atoms with Crippen LogP contribution >= 0.6 is 0 Å². The van der Waals surface area contributed by atoms with Crippen molar-refractivity contribution in [2.24, 2.45) is 17.8 Å². The van der Waals surface area contributed by atoms with Crippen LogP contribution in [-0.2, 0) is 4.74 Å². The monoisotopic (exact) mass is 227 g/mol. The molecule has 1 fully saturated rings. The van der Waals surface area contributed by atoms with E-state index in [0.29, 0.717) is 0 Å². The summed E-state index contributed by atoms with van der Waals surface area (Å²) in [6.07, 6.45) is 6.90. The van der Waals surface area contributed by atoms with Gasteiger partial charge in [0.15, 0.2) is 0 Å². The van der Waals surface area contributed by atoms with E-state index >= 15 is 0 Å². The van der Waals surface area contributed by atoms with E-state index in [1.54, 1.807) is 7.11 Å². The highest BCUT2D eigenvalue weighted by atomic mass is 16.5. The molecule has 1 saturated carbocycles. The first-order chi connectivity index (χ1) is 7.74. The predicted octanol–water partition coefficient (Wildman–Crippen LogP) is 3.07. The van der Waals surface area contributed by atoms with E-state index in [2.05, 4.69) is 19.2 Å². The number of nitrogens with one attached hydrogen (secondary N) is 1. The minimum Gasteiger partial charge on any atom is -0.385 e. The molecule has 1 aliphatic carbocycles. The van der Waals surface area contributed by atoms with Gasteiger partial charge in [-0.1, -0.05) is 26.7 Å². The molecule has 2 atom stereocenters. The fourth-order valence-corrected chi connectivity index (χ4v) is 2.50. The highest BCUT2D eigenvalue weighted by Gasteiger charge is 2.29. The van der Waals surface area contributed by atoms with Gasteiger partial charge in [0.05, 0.1) is 0 Å². The standard InChI is InChI=1S/C14H29NO/c1-12(2)10-15-11-14-8-7-13(14)6-4-5-9-16-3/h12-15H,4-11H2,1-3H3. The molecule has 0 spiro atoms. The SMILES string of the molecule is COCCCCC1CCC1CNCC(C)C. The molecule has 96 valence electrons. The second-order valence-corrected chi connectivity index (χ2v) is 5.64. The molecule has 0 aromatic rings. The van der Waals surface area contributed by atoms with E-state index < -0.39 is 0 Å². The summed E-state index contributed by atoms with van der Waals surface area (Å²) in [5.74, 6) is 2.73. The van der Waals surface area contributed by atoms with Gasteiger partial charge in [-0.25, -0.2) is 0 Å². The summed E-state index contributed by atoms with van der Waals surface area (Å²) in [5, 5.41) is 3.59. The highest BCUT2D eigenvalue weighted by Crippen LogP contribution is 2.37. The predicted molar refractivity (Wildman–Crippen MR) is 69.6 cm³/mol. The van der Waals surface area contributed by atoms with Crippen molar-refractivity contribution in [3.8, 4) is 0 Å². The van der Waals surface area contributed by atoms with E-state index in [9.17, 15) is 0 Å². The maximum Gasteiger partial charge on any atom is 0.0462 e. The first-order valence-corrected chi connectivity index (χ1v) is 6.93. The third-order valence-corrected chi connectivity index (χ3v) is 3.71. The quantitative estimate of drug-likeness (QED) is 0.611. The minimum atomic E-state index is 0.778. The van der Waals surface area contributed by atoms with Crippen LogP contribution in [0.3, 0.4) is 0 Å². The summed E-state index contributed by atoms with van der Waals surface area (Å²) in [7, 11) is 1.79. The second-order valence-electron chi connectivity index (χ2n) is 5.64. The third-order valence-electron chi connectivity index (χ3n) is 3.71. The number of ether oxygens (including phenoxy) is 1. The van der Waals surface area contributed by atoms with Crippen molar-refractivity contribution in [1.82, 2.24) is 5.32 Å². The Morgan fingerprint density at radius 2 is 1.94 bits per heavy atom. The number of hydrogen-bond donors (Lipinski definition) is 1. The summed E-state index contributed by atoms with van der Waals surface area (Å²) in [5.41, 5.74) is 0. The average molecular weight is 227 g/mol. The van der Waals surface area contributed by atoms with Crippen molar-refractivity contribution in [3.05, 3.63) is 0 Å². The Kier molecular flexibility index (Phi) is 7.06. The molecule has 0 aromatic carbocycles.